The standard InChI is InChI=1S/C12H20N4O4/c1-7(17)13-15-12(10(19)20)6-9(11(3,4)5)14-16(12)8(2)18/h15H,6H2,1-5H3,(H,13,17)(H,19,20). The third-order valence-corrected chi connectivity index (χ3v) is 2.97. The molecule has 0 fully saturated rings. The van der Waals surface area contributed by atoms with Gasteiger partial charge in [-0.2, -0.15) is 15.5 Å². The van der Waals surface area contributed by atoms with Gasteiger partial charge in [0.25, 0.3) is 0 Å². The summed E-state index contributed by atoms with van der Waals surface area (Å²) in [6.45, 7) is 8.09. The maximum Gasteiger partial charge on any atom is 0.348 e. The van der Waals surface area contributed by atoms with Crippen molar-refractivity contribution in [2.75, 3.05) is 0 Å². The first-order valence-corrected chi connectivity index (χ1v) is 6.16. The van der Waals surface area contributed by atoms with E-state index in [9.17, 15) is 19.5 Å². The van der Waals surface area contributed by atoms with E-state index in [-0.39, 0.29) is 11.8 Å². The van der Waals surface area contributed by atoms with Crippen molar-refractivity contribution >= 4 is 23.5 Å². The van der Waals surface area contributed by atoms with Gasteiger partial charge in [0.2, 0.25) is 17.5 Å². The van der Waals surface area contributed by atoms with Crippen molar-refractivity contribution in [2.24, 2.45) is 10.5 Å². The highest BCUT2D eigenvalue weighted by molar-refractivity contribution is 6.00. The van der Waals surface area contributed by atoms with Crippen molar-refractivity contribution in [3.05, 3.63) is 0 Å². The Labute approximate surface area is 117 Å². The Kier molecular flexibility index (Phi) is 4.18. The Hall–Kier alpha value is -1.96. The van der Waals surface area contributed by atoms with Gasteiger partial charge in [0.15, 0.2) is 0 Å². The van der Waals surface area contributed by atoms with E-state index in [2.05, 4.69) is 16.0 Å². The fourth-order valence-electron chi connectivity index (χ4n) is 1.82. The van der Waals surface area contributed by atoms with E-state index in [1.807, 2.05) is 20.8 Å². The molecule has 20 heavy (non-hydrogen) atoms. The number of nitrogens with one attached hydrogen (secondary N) is 2. The molecule has 1 aliphatic rings. The summed E-state index contributed by atoms with van der Waals surface area (Å²) in [7, 11) is 0. The number of carbonyl (C=O) groups is 3. The minimum absolute atomic E-state index is 0.00824. The third-order valence-electron chi connectivity index (χ3n) is 2.97. The van der Waals surface area contributed by atoms with E-state index in [0.29, 0.717) is 5.71 Å². The molecule has 1 rings (SSSR count). The highest BCUT2D eigenvalue weighted by atomic mass is 16.4. The molecule has 112 valence electrons. The topological polar surface area (TPSA) is 111 Å². The van der Waals surface area contributed by atoms with Crippen LogP contribution in [0.3, 0.4) is 0 Å². The Morgan fingerprint density at radius 2 is 1.85 bits per heavy atom. The maximum absolute atomic E-state index is 11.7. The van der Waals surface area contributed by atoms with Gasteiger partial charge in [-0.05, 0) is 0 Å². The monoisotopic (exact) mass is 284 g/mol. The van der Waals surface area contributed by atoms with Crippen LogP contribution in [-0.2, 0) is 14.4 Å². The molecule has 0 saturated heterocycles. The molecule has 2 amide bonds. The fraction of sp³-hybridized carbons (Fsp3) is 0.667. The normalized spacial score (nSPS) is 22.4. The van der Waals surface area contributed by atoms with E-state index in [1.54, 1.807) is 0 Å². The van der Waals surface area contributed by atoms with Crippen LogP contribution >= 0.6 is 0 Å². The number of amides is 2. The van der Waals surface area contributed by atoms with Gasteiger partial charge in [0.1, 0.15) is 0 Å². The molecule has 0 saturated carbocycles. The van der Waals surface area contributed by atoms with Crippen LogP contribution in [0.1, 0.15) is 41.0 Å². The molecule has 0 aromatic carbocycles. The van der Waals surface area contributed by atoms with Gasteiger partial charge >= 0.3 is 5.97 Å². The van der Waals surface area contributed by atoms with Crippen molar-refractivity contribution in [2.45, 2.75) is 46.7 Å². The van der Waals surface area contributed by atoms with Gasteiger partial charge < -0.3 is 5.11 Å². The number of rotatable bonds is 3. The second-order valence-electron chi connectivity index (χ2n) is 5.78. The number of hydrazine groups is 1. The van der Waals surface area contributed by atoms with Crippen molar-refractivity contribution < 1.29 is 19.5 Å². The predicted octanol–water partition coefficient (Wildman–Crippen LogP) is 0.0623. The summed E-state index contributed by atoms with van der Waals surface area (Å²) in [5, 5.41) is 14.5. The lowest BCUT2D eigenvalue weighted by molar-refractivity contribution is -0.161. The predicted molar refractivity (Wildman–Crippen MR) is 71.3 cm³/mol. The number of hydrogen-bond acceptors (Lipinski definition) is 5. The summed E-state index contributed by atoms with van der Waals surface area (Å²) in [6.07, 6.45) is -0.00824. The largest absolute Gasteiger partial charge is 0.478 e. The lowest BCUT2D eigenvalue weighted by atomic mass is 9.85. The van der Waals surface area contributed by atoms with Crippen LogP contribution in [0.5, 0.6) is 0 Å². The summed E-state index contributed by atoms with van der Waals surface area (Å²) in [5.74, 6) is -2.27. The van der Waals surface area contributed by atoms with Crippen LogP contribution in [0, 0.1) is 5.41 Å². The van der Waals surface area contributed by atoms with E-state index in [1.165, 1.54) is 13.8 Å². The summed E-state index contributed by atoms with van der Waals surface area (Å²) < 4.78 is 0. The van der Waals surface area contributed by atoms with Crippen LogP contribution in [0.15, 0.2) is 5.10 Å². The van der Waals surface area contributed by atoms with E-state index < -0.39 is 23.4 Å². The van der Waals surface area contributed by atoms with Crippen LogP contribution in [0.4, 0.5) is 0 Å². The second-order valence-corrected chi connectivity index (χ2v) is 5.78. The lowest BCUT2D eigenvalue weighted by Crippen LogP contribution is -2.66. The van der Waals surface area contributed by atoms with E-state index in [0.717, 1.165) is 5.01 Å². The zero-order valence-electron chi connectivity index (χ0n) is 12.3. The number of aliphatic carboxylic acids is 1. The first-order chi connectivity index (χ1) is 9.00. The highest BCUT2D eigenvalue weighted by Crippen LogP contribution is 2.33. The summed E-state index contributed by atoms with van der Waals surface area (Å²) in [4.78, 5) is 34.3. The van der Waals surface area contributed by atoms with Crippen molar-refractivity contribution in [3.8, 4) is 0 Å². The number of nitrogens with zero attached hydrogens (tertiary/aromatic N) is 2. The molecule has 0 aromatic rings. The van der Waals surface area contributed by atoms with Gasteiger partial charge in [0, 0.05) is 31.4 Å². The molecule has 1 atom stereocenters. The molecule has 8 heteroatoms. The van der Waals surface area contributed by atoms with Crippen LogP contribution < -0.4 is 10.9 Å². The number of hydrazone groups is 1. The Balaban J connectivity index is 3.20. The van der Waals surface area contributed by atoms with Gasteiger partial charge in [0.05, 0.1) is 0 Å². The zero-order chi connectivity index (χ0) is 15.7. The second kappa shape index (κ2) is 5.20. The van der Waals surface area contributed by atoms with E-state index in [4.69, 9.17) is 0 Å². The number of carboxylic acids is 1. The minimum atomic E-state index is -1.79. The molecule has 0 spiro atoms. The Morgan fingerprint density at radius 3 is 2.20 bits per heavy atom. The average Bonchev–Trinajstić information content (AvgIpc) is 2.66. The number of hydrogen-bond donors (Lipinski definition) is 3. The molecule has 0 bridgehead atoms. The Bertz CT molecular complexity index is 480. The summed E-state index contributed by atoms with van der Waals surface area (Å²) in [5.41, 5.74) is 3.03. The number of carboxylic acid groups (broad SMARTS) is 1. The van der Waals surface area contributed by atoms with Gasteiger partial charge in [-0.15, -0.1) is 0 Å². The first kappa shape index (κ1) is 16.1. The molecule has 0 aliphatic carbocycles. The maximum atomic E-state index is 11.7. The van der Waals surface area contributed by atoms with Gasteiger partial charge in [-0.3, -0.25) is 15.0 Å². The van der Waals surface area contributed by atoms with Gasteiger partial charge in [-0.25, -0.2) is 4.79 Å². The first-order valence-electron chi connectivity index (χ1n) is 6.16. The van der Waals surface area contributed by atoms with Crippen LogP contribution in [0.25, 0.3) is 0 Å². The lowest BCUT2D eigenvalue weighted by Gasteiger charge is -2.32. The van der Waals surface area contributed by atoms with Crippen LogP contribution in [0.2, 0.25) is 0 Å². The molecule has 1 unspecified atom stereocenters. The van der Waals surface area contributed by atoms with Gasteiger partial charge in [-0.1, -0.05) is 20.8 Å². The molecule has 1 aliphatic heterocycles. The average molecular weight is 284 g/mol. The summed E-state index contributed by atoms with van der Waals surface area (Å²) >= 11 is 0. The van der Waals surface area contributed by atoms with Crippen molar-refractivity contribution in [3.63, 3.8) is 0 Å². The van der Waals surface area contributed by atoms with Crippen LogP contribution in [-0.4, -0.2) is 39.3 Å². The summed E-state index contributed by atoms with van der Waals surface area (Å²) in [6, 6.07) is 0. The molecule has 0 radical (unpaired) electrons. The van der Waals surface area contributed by atoms with Crippen molar-refractivity contribution in [1.82, 2.24) is 15.9 Å². The molecule has 8 nitrogen and oxygen atoms in total. The van der Waals surface area contributed by atoms with Crippen molar-refractivity contribution in [1.29, 1.82) is 0 Å². The SMILES string of the molecule is CC(=O)NNC1(C(=O)O)CC(C(C)(C)C)=NN1C(C)=O. The molecular formula is C12H20N4O4. The fourth-order valence-corrected chi connectivity index (χ4v) is 1.82. The minimum Gasteiger partial charge on any atom is -0.478 e. The third kappa shape index (κ3) is 2.96. The molecule has 3 N–H and O–H groups in total. The zero-order valence-corrected chi connectivity index (χ0v) is 12.3. The van der Waals surface area contributed by atoms with E-state index >= 15 is 0 Å². The highest BCUT2D eigenvalue weighted by Gasteiger charge is 2.53. The number of carbonyl (C=O) groups excluding carboxylic acids is 2. The quantitative estimate of drug-likeness (QED) is 0.635. The molecule has 1 heterocycles. The Morgan fingerprint density at radius 1 is 1.30 bits per heavy atom. The smallest absolute Gasteiger partial charge is 0.348 e. The molecule has 0 aromatic heterocycles. The molecular weight excluding hydrogens is 264 g/mol.